The van der Waals surface area contributed by atoms with Crippen molar-refractivity contribution in [1.82, 2.24) is 10.3 Å². The second kappa shape index (κ2) is 16.0. The molecule has 0 spiro atoms. The number of ether oxygens (including phenoxy) is 3. The van der Waals surface area contributed by atoms with E-state index in [2.05, 4.69) is 5.32 Å². The molecule has 1 heterocycles. The van der Waals surface area contributed by atoms with E-state index in [-0.39, 0.29) is 30.4 Å². The first-order chi connectivity index (χ1) is 19.3. The van der Waals surface area contributed by atoms with E-state index in [0.717, 1.165) is 47.5 Å². The number of hydrogen-bond acceptors (Lipinski definition) is 8. The zero-order chi connectivity index (χ0) is 28.9. The summed E-state index contributed by atoms with van der Waals surface area (Å²) in [7, 11) is 0. The Kier molecular flexibility index (Phi) is 12.4. The fourth-order valence-electron chi connectivity index (χ4n) is 4.60. The molecule has 9 heteroatoms. The lowest BCUT2D eigenvalue weighted by Crippen LogP contribution is -2.35. The molecule has 40 heavy (non-hydrogen) atoms. The van der Waals surface area contributed by atoms with Crippen molar-refractivity contribution in [2.75, 3.05) is 19.8 Å². The van der Waals surface area contributed by atoms with Crippen molar-refractivity contribution in [2.45, 2.75) is 72.3 Å². The predicted octanol–water partition coefficient (Wildman–Crippen LogP) is 5.98. The number of allylic oxidation sites excluding steroid dienone is 2. The Balaban J connectivity index is 1.75. The van der Waals surface area contributed by atoms with Gasteiger partial charge in [0.1, 0.15) is 10.8 Å². The number of benzene rings is 1. The van der Waals surface area contributed by atoms with Gasteiger partial charge >= 0.3 is 11.9 Å². The highest BCUT2D eigenvalue weighted by molar-refractivity contribution is 7.09. The maximum absolute atomic E-state index is 13.2. The Morgan fingerprint density at radius 1 is 1.05 bits per heavy atom. The van der Waals surface area contributed by atoms with E-state index in [0.29, 0.717) is 31.0 Å². The Labute approximate surface area is 240 Å². The molecule has 3 rings (SSSR count). The van der Waals surface area contributed by atoms with Gasteiger partial charge in [-0.25, -0.2) is 14.6 Å². The first-order valence-corrected chi connectivity index (χ1v) is 14.8. The Bertz CT molecular complexity index is 1190. The Hall–Kier alpha value is -3.46. The number of rotatable bonds is 13. The predicted molar refractivity (Wildman–Crippen MR) is 156 cm³/mol. The van der Waals surface area contributed by atoms with Gasteiger partial charge in [0.25, 0.3) is 0 Å². The van der Waals surface area contributed by atoms with Crippen LogP contribution in [0.25, 0.3) is 6.08 Å². The second-order valence-corrected chi connectivity index (χ2v) is 10.8. The van der Waals surface area contributed by atoms with Crippen LogP contribution in [0.1, 0.15) is 82.1 Å². The maximum Gasteiger partial charge on any atom is 0.344 e. The molecule has 1 amide bonds. The van der Waals surface area contributed by atoms with E-state index in [1.165, 1.54) is 17.8 Å². The minimum Gasteiger partial charge on any atom is -0.482 e. The molecule has 1 aromatic carbocycles. The van der Waals surface area contributed by atoms with Gasteiger partial charge in [0, 0.05) is 16.9 Å². The molecular weight excluding hydrogens is 528 g/mol. The quantitative estimate of drug-likeness (QED) is 0.180. The summed E-state index contributed by atoms with van der Waals surface area (Å²) in [6.45, 7) is 7.68. The lowest BCUT2D eigenvalue weighted by Gasteiger charge is -2.24. The highest BCUT2D eigenvalue weighted by atomic mass is 32.1. The number of aromatic nitrogens is 1. The number of carbonyl (C=O) groups is 3. The van der Waals surface area contributed by atoms with E-state index in [9.17, 15) is 14.4 Å². The van der Waals surface area contributed by atoms with E-state index in [1.807, 2.05) is 42.6 Å². The van der Waals surface area contributed by atoms with Gasteiger partial charge in [-0.2, -0.15) is 0 Å². The van der Waals surface area contributed by atoms with Gasteiger partial charge in [0.05, 0.1) is 24.9 Å². The third-order valence-electron chi connectivity index (χ3n) is 6.57. The number of amides is 1. The first kappa shape index (κ1) is 31.1. The molecule has 2 aromatic rings. The number of esters is 2. The highest BCUT2D eigenvalue weighted by Gasteiger charge is 2.25. The summed E-state index contributed by atoms with van der Waals surface area (Å²) in [5, 5.41) is 6.04. The Morgan fingerprint density at radius 2 is 1.75 bits per heavy atom. The van der Waals surface area contributed by atoms with Crippen LogP contribution in [0.4, 0.5) is 0 Å². The smallest absolute Gasteiger partial charge is 0.344 e. The molecule has 1 aliphatic carbocycles. The molecule has 1 aliphatic rings. The molecule has 0 bridgehead atoms. The lowest BCUT2D eigenvalue weighted by atomic mass is 9.88. The normalized spacial score (nSPS) is 15.3. The van der Waals surface area contributed by atoms with Crippen LogP contribution in [0.2, 0.25) is 0 Å². The van der Waals surface area contributed by atoms with Crippen LogP contribution in [-0.2, 0) is 30.3 Å². The summed E-state index contributed by atoms with van der Waals surface area (Å²) in [4.78, 5) is 41.5. The zero-order valence-electron chi connectivity index (χ0n) is 23.9. The largest absolute Gasteiger partial charge is 0.482 e. The first-order valence-electron chi connectivity index (χ1n) is 14.0. The topological polar surface area (TPSA) is 104 Å². The van der Waals surface area contributed by atoms with Gasteiger partial charge in [-0.05, 0) is 82.4 Å². The highest BCUT2D eigenvalue weighted by Crippen LogP contribution is 2.28. The van der Waals surface area contributed by atoms with Crippen molar-refractivity contribution in [3.8, 4) is 5.75 Å². The molecule has 1 saturated carbocycles. The standard InChI is InChI=1S/C31H40N2O6S/c1-5-37-28(34)19-39-26-14-12-23(13-15-26)18-27(33-29(35)24-10-8-7-9-11-24)30-32-25(20-40-30)17-21(3)16-22(4)31(36)38-6-2/h12-17,20,24,27H,5-11,18-19H2,1-4H3,(H,33,35)/b21-17+,22-16-/t27-/m0/s1. The summed E-state index contributed by atoms with van der Waals surface area (Å²) in [5.74, 6) is -0.0598. The van der Waals surface area contributed by atoms with Crippen LogP contribution < -0.4 is 10.1 Å². The van der Waals surface area contributed by atoms with Crippen LogP contribution in [0.15, 0.2) is 46.9 Å². The third-order valence-corrected chi connectivity index (χ3v) is 7.55. The molecule has 0 unspecified atom stereocenters. The molecular formula is C31H40N2O6S. The molecule has 0 radical (unpaired) electrons. The monoisotopic (exact) mass is 568 g/mol. The van der Waals surface area contributed by atoms with Crippen LogP contribution in [-0.4, -0.2) is 42.7 Å². The molecule has 8 nitrogen and oxygen atoms in total. The summed E-state index contributed by atoms with van der Waals surface area (Å²) < 4.78 is 15.5. The van der Waals surface area contributed by atoms with Crippen molar-refractivity contribution >= 4 is 35.3 Å². The Morgan fingerprint density at radius 3 is 2.42 bits per heavy atom. The van der Waals surface area contributed by atoms with Crippen molar-refractivity contribution in [3.63, 3.8) is 0 Å². The maximum atomic E-state index is 13.2. The average Bonchev–Trinajstić information content (AvgIpc) is 3.41. The van der Waals surface area contributed by atoms with Gasteiger partial charge in [0.2, 0.25) is 5.91 Å². The zero-order valence-corrected chi connectivity index (χ0v) is 24.7. The van der Waals surface area contributed by atoms with Crippen molar-refractivity contribution in [2.24, 2.45) is 5.92 Å². The van der Waals surface area contributed by atoms with Gasteiger partial charge in [-0.1, -0.05) is 31.4 Å². The van der Waals surface area contributed by atoms with Crippen LogP contribution in [0.5, 0.6) is 5.75 Å². The lowest BCUT2D eigenvalue weighted by molar-refractivity contribution is -0.145. The van der Waals surface area contributed by atoms with Crippen LogP contribution in [0.3, 0.4) is 0 Å². The van der Waals surface area contributed by atoms with E-state index >= 15 is 0 Å². The summed E-state index contributed by atoms with van der Waals surface area (Å²) in [6, 6.07) is 7.20. The van der Waals surface area contributed by atoms with E-state index < -0.39 is 5.97 Å². The molecule has 0 aliphatic heterocycles. The van der Waals surface area contributed by atoms with E-state index in [4.69, 9.17) is 19.2 Å². The van der Waals surface area contributed by atoms with Crippen LogP contribution in [0, 0.1) is 5.92 Å². The number of hydrogen-bond donors (Lipinski definition) is 1. The van der Waals surface area contributed by atoms with Crippen molar-refractivity contribution in [1.29, 1.82) is 0 Å². The molecule has 1 fully saturated rings. The van der Waals surface area contributed by atoms with E-state index in [1.54, 1.807) is 26.8 Å². The molecule has 1 atom stereocenters. The number of carbonyl (C=O) groups excluding carboxylic acids is 3. The molecule has 216 valence electrons. The summed E-state index contributed by atoms with van der Waals surface area (Å²) in [5.41, 5.74) is 3.18. The SMILES string of the molecule is CCOC(=O)COc1ccc(C[C@H](NC(=O)C2CCCCC2)c2nc(/C=C(C)/C=C(/C)C(=O)OCC)cs2)cc1. The second-order valence-electron chi connectivity index (χ2n) is 9.88. The third kappa shape index (κ3) is 9.93. The minimum absolute atomic E-state index is 0.0347. The van der Waals surface area contributed by atoms with Gasteiger partial charge in [-0.15, -0.1) is 11.3 Å². The number of thiazole rings is 1. The van der Waals surface area contributed by atoms with Crippen molar-refractivity contribution in [3.05, 3.63) is 63.1 Å². The average molecular weight is 569 g/mol. The number of nitrogens with one attached hydrogen (secondary N) is 1. The molecule has 1 N–H and O–H groups in total. The summed E-state index contributed by atoms with van der Waals surface area (Å²) in [6.07, 6.45) is 9.45. The molecule has 0 saturated heterocycles. The molecule has 1 aromatic heterocycles. The van der Waals surface area contributed by atoms with Gasteiger partial charge < -0.3 is 19.5 Å². The number of nitrogens with zero attached hydrogens (tertiary/aromatic N) is 1. The summed E-state index contributed by atoms with van der Waals surface area (Å²) >= 11 is 1.50. The van der Waals surface area contributed by atoms with Crippen LogP contribution >= 0.6 is 11.3 Å². The van der Waals surface area contributed by atoms with Gasteiger partial charge in [0.15, 0.2) is 6.61 Å². The fourth-order valence-corrected chi connectivity index (χ4v) is 5.43. The fraction of sp³-hybridized carbons (Fsp3) is 0.484. The minimum atomic E-state index is -0.410. The van der Waals surface area contributed by atoms with Gasteiger partial charge in [-0.3, -0.25) is 4.79 Å². The van der Waals surface area contributed by atoms with Crippen molar-refractivity contribution < 1.29 is 28.6 Å².